The van der Waals surface area contributed by atoms with Crippen molar-refractivity contribution in [3.05, 3.63) is 46.8 Å². The van der Waals surface area contributed by atoms with Gasteiger partial charge in [0, 0.05) is 26.3 Å². The molecule has 0 atom stereocenters. The van der Waals surface area contributed by atoms with Crippen molar-refractivity contribution < 1.29 is 14.3 Å². The van der Waals surface area contributed by atoms with Crippen molar-refractivity contribution in [1.82, 2.24) is 19.7 Å². The molecule has 0 fully saturated rings. The fourth-order valence-corrected chi connectivity index (χ4v) is 3.33. The van der Waals surface area contributed by atoms with Crippen molar-refractivity contribution >= 4 is 16.9 Å². The zero-order valence-corrected chi connectivity index (χ0v) is 15.2. The molecule has 0 saturated heterocycles. The Hall–Kier alpha value is -3.09. The van der Waals surface area contributed by atoms with Crippen LogP contribution in [0.2, 0.25) is 0 Å². The van der Waals surface area contributed by atoms with Gasteiger partial charge in [-0.25, -0.2) is 4.98 Å². The lowest BCUT2D eigenvalue weighted by Crippen LogP contribution is -2.26. The Morgan fingerprint density at radius 1 is 1.23 bits per heavy atom. The minimum absolute atomic E-state index is 0.0609. The summed E-state index contributed by atoms with van der Waals surface area (Å²) in [5.74, 6) is 1.39. The number of fused-ring (bicyclic) bond motifs is 2. The van der Waals surface area contributed by atoms with Gasteiger partial charge in [-0.3, -0.25) is 9.48 Å². The van der Waals surface area contributed by atoms with E-state index in [0.29, 0.717) is 17.9 Å². The zero-order valence-electron chi connectivity index (χ0n) is 15.2. The Balaban J connectivity index is 1.66. The number of carbonyl (C=O) groups is 1. The number of aromatic nitrogens is 3. The van der Waals surface area contributed by atoms with Crippen molar-refractivity contribution in [1.29, 1.82) is 0 Å². The molecular formula is C19H20N4O3. The number of pyridine rings is 1. The molecule has 1 aliphatic rings. The number of aryl methyl sites for hydroxylation is 3. The summed E-state index contributed by atoms with van der Waals surface area (Å²) in [6.45, 7) is 4.49. The zero-order chi connectivity index (χ0) is 18.4. The Kier molecular flexibility index (Phi) is 3.79. The highest BCUT2D eigenvalue weighted by atomic mass is 16.7. The molecule has 1 amide bonds. The number of rotatable bonds is 3. The highest BCUT2D eigenvalue weighted by Gasteiger charge is 2.21. The first kappa shape index (κ1) is 16.4. The van der Waals surface area contributed by atoms with Crippen LogP contribution in [0.3, 0.4) is 0 Å². The molecule has 3 aromatic rings. The highest BCUT2D eigenvalue weighted by Crippen LogP contribution is 2.33. The summed E-state index contributed by atoms with van der Waals surface area (Å²) in [7, 11) is 3.63. The van der Waals surface area contributed by atoms with Crippen LogP contribution in [0, 0.1) is 13.8 Å². The summed E-state index contributed by atoms with van der Waals surface area (Å²) in [6.07, 6.45) is 0. The third-order valence-corrected chi connectivity index (χ3v) is 4.53. The maximum Gasteiger partial charge on any atom is 0.254 e. The number of benzene rings is 1. The number of nitrogens with zero attached hydrogens (tertiary/aromatic N) is 4. The summed E-state index contributed by atoms with van der Waals surface area (Å²) < 4.78 is 12.5. The molecule has 0 unspecified atom stereocenters. The van der Waals surface area contributed by atoms with Crippen LogP contribution in [-0.4, -0.2) is 39.4 Å². The molecule has 1 aromatic carbocycles. The SMILES string of the molecule is Cc1cc(C(=O)N(C)Cc2ccc3c(c2)OCO3)c2c(C)nn(C)c2n1. The van der Waals surface area contributed by atoms with Crippen molar-refractivity contribution in [2.24, 2.45) is 7.05 Å². The Bertz CT molecular complexity index is 1030. The van der Waals surface area contributed by atoms with E-state index in [9.17, 15) is 4.79 Å². The van der Waals surface area contributed by atoms with Gasteiger partial charge in [0.2, 0.25) is 6.79 Å². The molecule has 7 heteroatoms. The van der Waals surface area contributed by atoms with E-state index in [0.717, 1.165) is 33.7 Å². The van der Waals surface area contributed by atoms with Gasteiger partial charge in [-0.05, 0) is 37.6 Å². The van der Waals surface area contributed by atoms with Crippen molar-refractivity contribution in [3.63, 3.8) is 0 Å². The van der Waals surface area contributed by atoms with Crippen LogP contribution >= 0.6 is 0 Å². The van der Waals surface area contributed by atoms with Gasteiger partial charge in [0.1, 0.15) is 0 Å². The van der Waals surface area contributed by atoms with Crippen molar-refractivity contribution in [3.8, 4) is 11.5 Å². The number of ether oxygens (including phenoxy) is 2. The molecule has 0 N–H and O–H groups in total. The third-order valence-electron chi connectivity index (χ3n) is 4.53. The predicted molar refractivity (Wildman–Crippen MR) is 96.3 cm³/mol. The topological polar surface area (TPSA) is 69.5 Å². The molecule has 0 radical (unpaired) electrons. The Labute approximate surface area is 151 Å². The van der Waals surface area contributed by atoms with Crippen LogP contribution in [0.5, 0.6) is 11.5 Å². The van der Waals surface area contributed by atoms with Gasteiger partial charge in [0.25, 0.3) is 5.91 Å². The van der Waals surface area contributed by atoms with E-state index in [4.69, 9.17) is 9.47 Å². The van der Waals surface area contributed by atoms with Gasteiger partial charge >= 0.3 is 0 Å². The van der Waals surface area contributed by atoms with Crippen LogP contribution in [0.1, 0.15) is 27.3 Å². The standard InChI is InChI=1S/C19H20N4O3/c1-11-7-14(17-12(2)21-23(4)18(17)20-11)19(24)22(3)9-13-5-6-15-16(8-13)26-10-25-15/h5-8H,9-10H2,1-4H3. The van der Waals surface area contributed by atoms with Gasteiger partial charge in [0.05, 0.1) is 16.6 Å². The van der Waals surface area contributed by atoms with Gasteiger partial charge < -0.3 is 14.4 Å². The fourth-order valence-electron chi connectivity index (χ4n) is 3.33. The molecular weight excluding hydrogens is 332 g/mol. The van der Waals surface area contributed by atoms with Crippen molar-refractivity contribution in [2.75, 3.05) is 13.8 Å². The van der Waals surface area contributed by atoms with Gasteiger partial charge in [-0.1, -0.05) is 6.07 Å². The molecule has 0 saturated carbocycles. The van der Waals surface area contributed by atoms with E-state index in [1.54, 1.807) is 16.6 Å². The molecule has 1 aliphatic heterocycles. The average molecular weight is 352 g/mol. The number of carbonyl (C=O) groups excluding carboxylic acids is 1. The molecule has 0 aliphatic carbocycles. The minimum Gasteiger partial charge on any atom is -0.454 e. The normalized spacial score (nSPS) is 12.6. The van der Waals surface area contributed by atoms with E-state index in [-0.39, 0.29) is 12.7 Å². The monoisotopic (exact) mass is 352 g/mol. The first-order chi connectivity index (χ1) is 12.4. The summed E-state index contributed by atoms with van der Waals surface area (Å²) in [5.41, 5.74) is 3.92. The first-order valence-electron chi connectivity index (χ1n) is 8.39. The Morgan fingerprint density at radius 2 is 2.00 bits per heavy atom. The van der Waals surface area contributed by atoms with Crippen LogP contribution in [0.15, 0.2) is 24.3 Å². The smallest absolute Gasteiger partial charge is 0.254 e. The largest absolute Gasteiger partial charge is 0.454 e. The average Bonchev–Trinajstić information content (AvgIpc) is 3.17. The second-order valence-corrected chi connectivity index (χ2v) is 6.57. The number of hydrogen-bond donors (Lipinski definition) is 0. The minimum atomic E-state index is -0.0609. The maximum absolute atomic E-state index is 13.1. The lowest BCUT2D eigenvalue weighted by atomic mass is 10.1. The molecule has 7 nitrogen and oxygen atoms in total. The molecule has 0 spiro atoms. The van der Waals surface area contributed by atoms with Gasteiger partial charge in [-0.2, -0.15) is 5.10 Å². The van der Waals surface area contributed by atoms with E-state index >= 15 is 0 Å². The highest BCUT2D eigenvalue weighted by molar-refractivity contribution is 6.06. The van der Waals surface area contributed by atoms with Gasteiger partial charge in [0.15, 0.2) is 17.1 Å². The first-order valence-corrected chi connectivity index (χ1v) is 8.39. The molecule has 26 heavy (non-hydrogen) atoms. The molecule has 4 rings (SSSR count). The Morgan fingerprint density at radius 3 is 2.81 bits per heavy atom. The molecule has 0 bridgehead atoms. The summed E-state index contributed by atoms with van der Waals surface area (Å²) in [6, 6.07) is 7.56. The van der Waals surface area contributed by atoms with Crippen LogP contribution in [0.25, 0.3) is 11.0 Å². The second kappa shape index (κ2) is 6.01. The quantitative estimate of drug-likeness (QED) is 0.725. The van der Waals surface area contributed by atoms with E-state index in [1.807, 2.05) is 45.2 Å². The summed E-state index contributed by atoms with van der Waals surface area (Å²) in [4.78, 5) is 19.3. The van der Waals surface area contributed by atoms with Crippen molar-refractivity contribution in [2.45, 2.75) is 20.4 Å². The molecule has 3 heterocycles. The molecule has 2 aromatic heterocycles. The fraction of sp³-hybridized carbons (Fsp3) is 0.316. The summed E-state index contributed by atoms with van der Waals surface area (Å²) in [5, 5.41) is 5.22. The van der Waals surface area contributed by atoms with E-state index in [2.05, 4.69) is 10.1 Å². The second-order valence-electron chi connectivity index (χ2n) is 6.57. The lowest BCUT2D eigenvalue weighted by molar-refractivity contribution is 0.0786. The number of amides is 1. The summed E-state index contributed by atoms with van der Waals surface area (Å²) >= 11 is 0. The molecule has 134 valence electrons. The van der Waals surface area contributed by atoms with Gasteiger partial charge in [-0.15, -0.1) is 0 Å². The van der Waals surface area contributed by atoms with E-state index in [1.165, 1.54) is 0 Å². The lowest BCUT2D eigenvalue weighted by Gasteiger charge is -2.18. The maximum atomic E-state index is 13.1. The van der Waals surface area contributed by atoms with Crippen LogP contribution in [0.4, 0.5) is 0 Å². The predicted octanol–water partition coefficient (Wildman–Crippen LogP) is 2.59. The number of hydrogen-bond acceptors (Lipinski definition) is 5. The van der Waals surface area contributed by atoms with Crippen LogP contribution in [-0.2, 0) is 13.6 Å². The third kappa shape index (κ3) is 2.65. The van der Waals surface area contributed by atoms with Crippen LogP contribution < -0.4 is 9.47 Å². The van der Waals surface area contributed by atoms with E-state index < -0.39 is 0 Å².